The van der Waals surface area contributed by atoms with Gasteiger partial charge in [0, 0.05) is 5.56 Å². The predicted molar refractivity (Wildman–Crippen MR) is 97.1 cm³/mol. The molecule has 3 aromatic rings. The van der Waals surface area contributed by atoms with Gasteiger partial charge < -0.3 is 10.3 Å². The lowest BCUT2D eigenvalue weighted by atomic mass is 10.0. The molecule has 1 aromatic heterocycles. The Balaban J connectivity index is 1.86. The quantitative estimate of drug-likeness (QED) is 0.587. The van der Waals surface area contributed by atoms with Crippen LogP contribution in [0.1, 0.15) is 34.5 Å². The second-order valence-electron chi connectivity index (χ2n) is 5.99. The number of hydrogen-bond acceptors (Lipinski definition) is 3. The molecule has 0 fully saturated rings. The van der Waals surface area contributed by atoms with Crippen LogP contribution in [0.15, 0.2) is 47.3 Å². The summed E-state index contributed by atoms with van der Waals surface area (Å²) in [4.78, 5) is 29.5. The Morgan fingerprint density at radius 3 is 2.59 bits per heavy atom. The molecule has 2 aromatic carbocycles. The van der Waals surface area contributed by atoms with Crippen LogP contribution >= 0.6 is 12.2 Å². The molecule has 0 aliphatic heterocycles. The van der Waals surface area contributed by atoms with Crippen molar-refractivity contribution in [3.8, 4) is 0 Å². The van der Waals surface area contributed by atoms with E-state index >= 15 is 0 Å². The SMILES string of the molecule is C[C@@H](NC(=O)c1ccc2c(=O)[nH]c(=S)[nH]c2c1)c1cccc(C(F)(F)F)c1. The average Bonchev–Trinajstić information content (AvgIpc) is 2.60. The molecule has 3 N–H and O–H groups in total. The number of aromatic nitrogens is 2. The number of rotatable bonds is 3. The monoisotopic (exact) mass is 393 g/mol. The Morgan fingerprint density at radius 1 is 1.15 bits per heavy atom. The number of nitrogens with one attached hydrogen (secondary N) is 3. The van der Waals surface area contributed by atoms with Crippen LogP contribution in [0.4, 0.5) is 13.2 Å². The van der Waals surface area contributed by atoms with Crippen LogP contribution in [0, 0.1) is 4.77 Å². The lowest BCUT2D eigenvalue weighted by molar-refractivity contribution is -0.137. The van der Waals surface area contributed by atoms with E-state index in [0.717, 1.165) is 12.1 Å². The number of H-pyrrole nitrogens is 2. The number of halogens is 3. The van der Waals surface area contributed by atoms with Crippen molar-refractivity contribution in [3.63, 3.8) is 0 Å². The number of amides is 1. The molecule has 27 heavy (non-hydrogen) atoms. The summed E-state index contributed by atoms with van der Waals surface area (Å²) < 4.78 is 38.7. The second-order valence-corrected chi connectivity index (χ2v) is 6.40. The van der Waals surface area contributed by atoms with Gasteiger partial charge in [-0.05, 0) is 55.0 Å². The fourth-order valence-electron chi connectivity index (χ4n) is 2.66. The summed E-state index contributed by atoms with van der Waals surface area (Å²) in [5, 5.41) is 2.99. The van der Waals surface area contributed by atoms with Crippen molar-refractivity contribution in [2.24, 2.45) is 0 Å². The van der Waals surface area contributed by atoms with Gasteiger partial charge in [-0.15, -0.1) is 0 Å². The Kier molecular flexibility index (Phi) is 4.88. The molecule has 0 spiro atoms. The zero-order valence-corrected chi connectivity index (χ0v) is 14.8. The van der Waals surface area contributed by atoms with E-state index in [1.165, 1.54) is 30.3 Å². The normalized spacial score (nSPS) is 12.7. The lowest BCUT2D eigenvalue weighted by Crippen LogP contribution is -2.27. The summed E-state index contributed by atoms with van der Waals surface area (Å²) in [7, 11) is 0. The minimum Gasteiger partial charge on any atom is -0.346 e. The van der Waals surface area contributed by atoms with Gasteiger partial charge in [0.25, 0.3) is 11.5 Å². The van der Waals surface area contributed by atoms with Gasteiger partial charge in [-0.3, -0.25) is 14.6 Å². The fourth-order valence-corrected chi connectivity index (χ4v) is 2.86. The molecule has 140 valence electrons. The van der Waals surface area contributed by atoms with E-state index in [-0.39, 0.29) is 15.9 Å². The van der Waals surface area contributed by atoms with E-state index in [2.05, 4.69) is 15.3 Å². The first kappa shape index (κ1) is 18.8. The topological polar surface area (TPSA) is 77.8 Å². The van der Waals surface area contributed by atoms with Crippen molar-refractivity contribution in [1.82, 2.24) is 15.3 Å². The number of benzene rings is 2. The van der Waals surface area contributed by atoms with Crippen molar-refractivity contribution >= 4 is 29.0 Å². The number of carbonyl (C=O) groups is 1. The molecule has 0 aliphatic rings. The number of alkyl halides is 3. The van der Waals surface area contributed by atoms with Crippen LogP contribution in [0.5, 0.6) is 0 Å². The summed E-state index contributed by atoms with van der Waals surface area (Å²) in [5.74, 6) is -0.485. The molecule has 9 heteroatoms. The van der Waals surface area contributed by atoms with Crippen LogP contribution in [0.2, 0.25) is 0 Å². The van der Waals surface area contributed by atoms with Crippen molar-refractivity contribution in [2.75, 3.05) is 0 Å². The van der Waals surface area contributed by atoms with Crippen LogP contribution in [-0.2, 0) is 6.18 Å². The largest absolute Gasteiger partial charge is 0.416 e. The first-order valence-corrected chi connectivity index (χ1v) is 8.30. The van der Waals surface area contributed by atoms with E-state index < -0.39 is 23.7 Å². The fraction of sp³-hybridized carbons (Fsp3) is 0.167. The molecular weight excluding hydrogens is 379 g/mol. The molecule has 1 heterocycles. The summed E-state index contributed by atoms with van der Waals surface area (Å²) >= 11 is 4.91. The highest BCUT2D eigenvalue weighted by Gasteiger charge is 2.30. The van der Waals surface area contributed by atoms with Crippen molar-refractivity contribution < 1.29 is 18.0 Å². The molecule has 0 unspecified atom stereocenters. The molecule has 0 aliphatic carbocycles. The Hall–Kier alpha value is -2.94. The third-order valence-electron chi connectivity index (χ3n) is 4.06. The summed E-state index contributed by atoms with van der Waals surface area (Å²) in [6.45, 7) is 1.59. The molecule has 1 atom stereocenters. The molecule has 5 nitrogen and oxygen atoms in total. The molecule has 0 bridgehead atoms. The first-order valence-electron chi connectivity index (χ1n) is 7.89. The highest BCUT2D eigenvalue weighted by molar-refractivity contribution is 7.71. The van der Waals surface area contributed by atoms with Crippen molar-refractivity contribution in [1.29, 1.82) is 0 Å². The van der Waals surface area contributed by atoms with E-state index in [1.54, 1.807) is 6.92 Å². The molecule has 0 radical (unpaired) electrons. The standard InChI is InChI=1S/C18H14F3N3O2S/c1-9(10-3-2-4-12(7-10)18(19,20)21)22-15(25)11-5-6-13-14(8-11)23-17(27)24-16(13)26/h2-9H,1H3,(H,22,25)(H2,23,24,26,27)/t9-/m1/s1. The van der Waals surface area contributed by atoms with Crippen LogP contribution in [0.25, 0.3) is 10.9 Å². The van der Waals surface area contributed by atoms with E-state index in [0.29, 0.717) is 16.5 Å². The first-order chi connectivity index (χ1) is 12.6. The number of aromatic amines is 2. The van der Waals surface area contributed by atoms with Gasteiger partial charge in [0.2, 0.25) is 0 Å². The molecule has 1 amide bonds. The molecule has 3 rings (SSSR count). The molecular formula is C18H14F3N3O2S. The van der Waals surface area contributed by atoms with E-state index in [1.807, 2.05) is 0 Å². The third kappa shape index (κ3) is 4.08. The zero-order chi connectivity index (χ0) is 19.8. The maximum Gasteiger partial charge on any atom is 0.416 e. The number of carbonyl (C=O) groups excluding carboxylic acids is 1. The van der Waals surface area contributed by atoms with Gasteiger partial charge in [0.1, 0.15) is 0 Å². The third-order valence-corrected chi connectivity index (χ3v) is 4.27. The average molecular weight is 393 g/mol. The Bertz CT molecular complexity index is 1130. The number of hydrogen-bond donors (Lipinski definition) is 3. The summed E-state index contributed by atoms with van der Waals surface area (Å²) in [5.41, 5.74) is -0.188. The van der Waals surface area contributed by atoms with Gasteiger partial charge in [-0.2, -0.15) is 13.2 Å². The molecule has 0 saturated carbocycles. The van der Waals surface area contributed by atoms with Crippen LogP contribution in [-0.4, -0.2) is 15.9 Å². The Labute approximate surface area is 156 Å². The summed E-state index contributed by atoms with van der Waals surface area (Å²) in [6.07, 6.45) is -4.46. The Morgan fingerprint density at radius 2 is 1.89 bits per heavy atom. The highest BCUT2D eigenvalue weighted by Crippen LogP contribution is 2.30. The van der Waals surface area contributed by atoms with Crippen molar-refractivity contribution in [3.05, 3.63) is 74.3 Å². The van der Waals surface area contributed by atoms with Crippen LogP contribution in [0.3, 0.4) is 0 Å². The second kappa shape index (κ2) is 6.99. The number of fused-ring (bicyclic) bond motifs is 1. The van der Waals surface area contributed by atoms with E-state index in [4.69, 9.17) is 12.2 Å². The van der Waals surface area contributed by atoms with Gasteiger partial charge in [-0.25, -0.2) is 0 Å². The minimum absolute atomic E-state index is 0.127. The maximum atomic E-state index is 12.8. The van der Waals surface area contributed by atoms with Gasteiger partial charge in [0.15, 0.2) is 4.77 Å². The molecule has 0 saturated heterocycles. The smallest absolute Gasteiger partial charge is 0.346 e. The highest BCUT2D eigenvalue weighted by atomic mass is 32.1. The predicted octanol–water partition coefficient (Wildman–Crippen LogP) is 4.10. The van der Waals surface area contributed by atoms with Gasteiger partial charge in [0.05, 0.1) is 22.5 Å². The zero-order valence-electron chi connectivity index (χ0n) is 14.0. The minimum atomic E-state index is -4.46. The van der Waals surface area contributed by atoms with Crippen molar-refractivity contribution in [2.45, 2.75) is 19.1 Å². The summed E-state index contributed by atoms with van der Waals surface area (Å²) in [6, 6.07) is 8.54. The van der Waals surface area contributed by atoms with Gasteiger partial charge >= 0.3 is 6.18 Å². The maximum absolute atomic E-state index is 12.8. The van der Waals surface area contributed by atoms with Crippen LogP contribution < -0.4 is 10.9 Å². The van der Waals surface area contributed by atoms with Gasteiger partial charge in [-0.1, -0.05) is 12.1 Å². The lowest BCUT2D eigenvalue weighted by Gasteiger charge is -2.16. The van der Waals surface area contributed by atoms with E-state index in [9.17, 15) is 22.8 Å².